The van der Waals surface area contributed by atoms with Crippen LogP contribution in [0.25, 0.3) is 0 Å². The molecule has 2 aliphatic rings. The quantitative estimate of drug-likeness (QED) is 0.719. The Morgan fingerprint density at radius 2 is 2.03 bits per heavy atom. The van der Waals surface area contributed by atoms with Crippen LogP contribution in [0.4, 0.5) is 9.18 Å². The van der Waals surface area contributed by atoms with E-state index < -0.39 is 23.3 Å². The van der Waals surface area contributed by atoms with Crippen molar-refractivity contribution in [3.63, 3.8) is 0 Å². The molecule has 2 saturated heterocycles. The molecule has 1 aromatic carbocycles. The number of nitrogens with zero attached hydrogens (tertiary/aromatic N) is 2. The average molecular weight is 450 g/mol. The Bertz CT molecular complexity index is 991. The van der Waals surface area contributed by atoms with E-state index in [1.54, 1.807) is 11.8 Å². The number of imide groups is 1. The van der Waals surface area contributed by atoms with Gasteiger partial charge in [0.15, 0.2) is 0 Å². The van der Waals surface area contributed by atoms with Gasteiger partial charge in [-0.15, -0.1) is 0 Å². The Morgan fingerprint density at radius 3 is 2.70 bits per heavy atom. The summed E-state index contributed by atoms with van der Waals surface area (Å²) in [6.07, 6.45) is 1.06. The summed E-state index contributed by atoms with van der Waals surface area (Å²) in [5.74, 6) is -1.39. The molecule has 0 radical (unpaired) electrons. The van der Waals surface area contributed by atoms with Gasteiger partial charge >= 0.3 is 6.03 Å². The number of nitrogens with one attached hydrogen (secondary N) is 1. The van der Waals surface area contributed by atoms with Gasteiger partial charge in [0.2, 0.25) is 0 Å². The first-order valence-electron chi connectivity index (χ1n) is 9.69. The Morgan fingerprint density at radius 1 is 1.30 bits per heavy atom. The SMILES string of the molecule is C[C@]1(C2CCN(C(=O)c3cc(Cl)ccc3F)CC2)NC(=O)N(Cc2ccsc2)C1=O. The van der Waals surface area contributed by atoms with Crippen molar-refractivity contribution in [1.29, 1.82) is 0 Å². The van der Waals surface area contributed by atoms with Gasteiger partial charge in [0.1, 0.15) is 11.4 Å². The number of likely N-dealkylation sites (tertiary alicyclic amines) is 1. The van der Waals surface area contributed by atoms with Crippen molar-refractivity contribution >= 4 is 40.8 Å². The highest BCUT2D eigenvalue weighted by molar-refractivity contribution is 7.07. The van der Waals surface area contributed by atoms with Gasteiger partial charge in [-0.25, -0.2) is 9.18 Å². The third kappa shape index (κ3) is 3.70. The lowest BCUT2D eigenvalue weighted by Crippen LogP contribution is -2.54. The third-order valence-electron chi connectivity index (χ3n) is 5.98. The zero-order valence-corrected chi connectivity index (χ0v) is 17.9. The zero-order valence-electron chi connectivity index (χ0n) is 16.4. The van der Waals surface area contributed by atoms with Gasteiger partial charge < -0.3 is 10.2 Å². The first-order chi connectivity index (χ1) is 14.3. The molecule has 0 saturated carbocycles. The molecule has 1 aromatic heterocycles. The Balaban J connectivity index is 1.43. The van der Waals surface area contributed by atoms with Gasteiger partial charge in [0.25, 0.3) is 11.8 Å². The highest BCUT2D eigenvalue weighted by atomic mass is 35.5. The molecule has 0 bridgehead atoms. The summed E-state index contributed by atoms with van der Waals surface area (Å²) in [6, 6.07) is 5.40. The lowest BCUT2D eigenvalue weighted by molar-refractivity contribution is -0.133. The van der Waals surface area contributed by atoms with Crippen LogP contribution < -0.4 is 5.32 Å². The lowest BCUT2D eigenvalue weighted by atomic mass is 9.78. The number of amides is 4. The molecule has 30 heavy (non-hydrogen) atoms. The average Bonchev–Trinajstić information content (AvgIpc) is 3.32. The third-order valence-corrected chi connectivity index (χ3v) is 6.95. The molecule has 4 amide bonds. The molecule has 4 rings (SSSR count). The van der Waals surface area contributed by atoms with Crippen LogP contribution in [0, 0.1) is 11.7 Å². The largest absolute Gasteiger partial charge is 0.339 e. The van der Waals surface area contributed by atoms with Crippen molar-refractivity contribution < 1.29 is 18.8 Å². The summed E-state index contributed by atoms with van der Waals surface area (Å²) in [5.41, 5.74) is -0.153. The molecule has 1 N–H and O–H groups in total. The number of carbonyl (C=O) groups is 3. The Labute approximate surface area is 182 Å². The minimum absolute atomic E-state index is 0.0562. The second kappa shape index (κ2) is 8.00. The number of rotatable bonds is 4. The summed E-state index contributed by atoms with van der Waals surface area (Å²) < 4.78 is 14.0. The highest BCUT2D eigenvalue weighted by Crippen LogP contribution is 2.34. The normalized spacial score (nSPS) is 22.5. The van der Waals surface area contributed by atoms with Crippen LogP contribution in [0.5, 0.6) is 0 Å². The van der Waals surface area contributed by atoms with Crippen LogP contribution in [-0.2, 0) is 11.3 Å². The molecule has 0 aliphatic carbocycles. The van der Waals surface area contributed by atoms with Crippen molar-refractivity contribution in [3.8, 4) is 0 Å². The molecule has 1 atom stereocenters. The number of benzene rings is 1. The van der Waals surface area contributed by atoms with E-state index in [0.29, 0.717) is 31.0 Å². The summed E-state index contributed by atoms with van der Waals surface area (Å²) >= 11 is 7.42. The van der Waals surface area contributed by atoms with Crippen molar-refractivity contribution in [2.45, 2.75) is 31.8 Å². The van der Waals surface area contributed by atoms with E-state index >= 15 is 0 Å². The van der Waals surface area contributed by atoms with Gasteiger partial charge in [-0.05, 0) is 66.3 Å². The number of thiophene rings is 1. The molecule has 158 valence electrons. The number of hydrogen-bond acceptors (Lipinski definition) is 4. The van der Waals surface area contributed by atoms with E-state index in [4.69, 9.17) is 11.6 Å². The van der Waals surface area contributed by atoms with Gasteiger partial charge in [-0.2, -0.15) is 11.3 Å². The number of carbonyl (C=O) groups excluding carboxylic acids is 3. The second-order valence-electron chi connectivity index (χ2n) is 7.85. The Hall–Kier alpha value is -2.45. The number of piperidine rings is 1. The smallest absolute Gasteiger partial charge is 0.325 e. The molecule has 2 fully saturated rings. The number of hydrogen-bond donors (Lipinski definition) is 1. The van der Waals surface area contributed by atoms with Crippen LogP contribution in [0.15, 0.2) is 35.0 Å². The van der Waals surface area contributed by atoms with E-state index in [1.807, 2.05) is 16.8 Å². The summed E-state index contributed by atoms with van der Waals surface area (Å²) in [6.45, 7) is 2.74. The van der Waals surface area contributed by atoms with Crippen LogP contribution in [0.1, 0.15) is 35.7 Å². The van der Waals surface area contributed by atoms with Crippen LogP contribution >= 0.6 is 22.9 Å². The number of urea groups is 1. The molecular weight excluding hydrogens is 429 g/mol. The fraction of sp³-hybridized carbons (Fsp3) is 0.381. The molecular formula is C21H21ClFN3O3S. The van der Waals surface area contributed by atoms with Crippen molar-refractivity contribution in [2.75, 3.05) is 13.1 Å². The van der Waals surface area contributed by atoms with Crippen LogP contribution in [-0.4, -0.2) is 46.3 Å². The predicted octanol–water partition coefficient (Wildman–Crippen LogP) is 3.90. The van der Waals surface area contributed by atoms with Gasteiger partial charge in [-0.1, -0.05) is 11.6 Å². The highest BCUT2D eigenvalue weighted by Gasteiger charge is 2.52. The van der Waals surface area contributed by atoms with E-state index in [0.717, 1.165) is 5.56 Å². The monoisotopic (exact) mass is 449 g/mol. The topological polar surface area (TPSA) is 69.7 Å². The van der Waals surface area contributed by atoms with Crippen molar-refractivity contribution in [1.82, 2.24) is 15.1 Å². The van der Waals surface area contributed by atoms with Crippen LogP contribution in [0.2, 0.25) is 5.02 Å². The zero-order chi connectivity index (χ0) is 21.5. The van der Waals surface area contributed by atoms with E-state index in [9.17, 15) is 18.8 Å². The molecule has 0 unspecified atom stereocenters. The van der Waals surface area contributed by atoms with E-state index in [1.165, 1.54) is 34.4 Å². The minimum atomic E-state index is -1.01. The fourth-order valence-electron chi connectivity index (χ4n) is 4.19. The van der Waals surface area contributed by atoms with Crippen LogP contribution in [0.3, 0.4) is 0 Å². The second-order valence-corrected chi connectivity index (χ2v) is 9.06. The molecule has 2 aromatic rings. The standard InChI is InChI=1S/C21H21ClFN3O3S/c1-21(19(28)26(20(29)24-21)11-13-6-9-30-12-13)14-4-7-25(8-5-14)18(27)16-10-15(22)2-3-17(16)23/h2-3,6,9-10,12,14H,4-5,7-8,11H2,1H3,(H,24,29)/t21-/m1/s1. The fourth-order valence-corrected chi connectivity index (χ4v) is 5.02. The molecule has 0 spiro atoms. The first-order valence-corrected chi connectivity index (χ1v) is 11.0. The summed E-state index contributed by atoms with van der Waals surface area (Å²) in [4.78, 5) is 41.1. The lowest BCUT2D eigenvalue weighted by Gasteiger charge is -2.39. The molecule has 9 heteroatoms. The maximum absolute atomic E-state index is 14.0. The number of halogens is 2. The van der Waals surface area contributed by atoms with Crippen molar-refractivity contribution in [2.24, 2.45) is 5.92 Å². The molecule has 3 heterocycles. The van der Waals surface area contributed by atoms with Crippen molar-refractivity contribution in [3.05, 3.63) is 57.0 Å². The van der Waals surface area contributed by atoms with Gasteiger partial charge in [0, 0.05) is 18.1 Å². The summed E-state index contributed by atoms with van der Waals surface area (Å²) in [5, 5.41) is 6.98. The predicted molar refractivity (Wildman–Crippen MR) is 112 cm³/mol. The first kappa shape index (κ1) is 20.8. The van der Waals surface area contributed by atoms with Gasteiger partial charge in [0.05, 0.1) is 12.1 Å². The molecule has 2 aliphatic heterocycles. The van der Waals surface area contributed by atoms with Gasteiger partial charge in [-0.3, -0.25) is 14.5 Å². The summed E-state index contributed by atoms with van der Waals surface area (Å²) in [7, 11) is 0. The molecule has 6 nitrogen and oxygen atoms in total. The minimum Gasteiger partial charge on any atom is -0.339 e. The maximum Gasteiger partial charge on any atom is 0.325 e. The Kier molecular flexibility index (Phi) is 5.55. The van der Waals surface area contributed by atoms with E-state index in [2.05, 4.69) is 5.32 Å². The maximum atomic E-state index is 14.0. The van der Waals surface area contributed by atoms with E-state index in [-0.39, 0.29) is 23.9 Å².